The molecule has 5 rings (SSSR count). The average Bonchev–Trinajstić information content (AvgIpc) is 3.55. The van der Waals surface area contributed by atoms with Crippen molar-refractivity contribution in [1.82, 2.24) is 10.2 Å². The minimum absolute atomic E-state index is 0.00811. The molecule has 2 amide bonds. The lowest BCUT2D eigenvalue weighted by Gasteiger charge is -2.36. The van der Waals surface area contributed by atoms with Crippen LogP contribution >= 0.6 is 0 Å². The molecule has 1 aliphatic carbocycles. The number of nitrogens with zero attached hydrogens (tertiary/aromatic N) is 1. The van der Waals surface area contributed by atoms with Crippen LogP contribution in [0.25, 0.3) is 0 Å². The second-order valence-corrected chi connectivity index (χ2v) is 10.2. The van der Waals surface area contributed by atoms with Crippen LogP contribution in [0.15, 0.2) is 42.5 Å². The molecule has 3 N–H and O–H groups in total. The van der Waals surface area contributed by atoms with Crippen molar-refractivity contribution < 1.29 is 19.4 Å². The summed E-state index contributed by atoms with van der Waals surface area (Å²) in [6, 6.07) is 13.3. The largest absolute Gasteiger partial charge is 0.508 e. The van der Waals surface area contributed by atoms with E-state index in [4.69, 9.17) is 4.74 Å². The first-order valence-electron chi connectivity index (χ1n) is 12.9. The van der Waals surface area contributed by atoms with Gasteiger partial charge in [-0.1, -0.05) is 18.2 Å². The predicted octanol–water partition coefficient (Wildman–Crippen LogP) is 3.25. The lowest BCUT2D eigenvalue weighted by Crippen LogP contribution is -2.49. The fraction of sp³-hybridized carbons (Fsp3) is 0.500. The number of aromatic hydroxyl groups is 1. The highest BCUT2D eigenvalue weighted by Gasteiger charge is 2.35. The van der Waals surface area contributed by atoms with Crippen LogP contribution < -0.4 is 10.6 Å². The molecule has 2 aromatic carbocycles. The molecule has 7 heteroatoms. The maximum atomic E-state index is 13.3. The number of rotatable bonds is 7. The summed E-state index contributed by atoms with van der Waals surface area (Å²) >= 11 is 0. The van der Waals surface area contributed by atoms with Crippen LogP contribution in [0.2, 0.25) is 0 Å². The van der Waals surface area contributed by atoms with E-state index < -0.39 is 0 Å². The molecule has 2 saturated heterocycles. The number of benzene rings is 2. The molecule has 2 aromatic rings. The topological polar surface area (TPSA) is 90.9 Å². The fourth-order valence-corrected chi connectivity index (χ4v) is 5.62. The van der Waals surface area contributed by atoms with Crippen LogP contribution in [0.4, 0.5) is 5.69 Å². The van der Waals surface area contributed by atoms with E-state index in [1.165, 1.54) is 17.5 Å². The number of phenols is 1. The normalized spacial score (nSPS) is 24.2. The van der Waals surface area contributed by atoms with Crippen LogP contribution in [0.3, 0.4) is 0 Å². The number of aryl methyl sites for hydroxylation is 2. The number of piperidine rings is 1. The van der Waals surface area contributed by atoms with Gasteiger partial charge in [-0.2, -0.15) is 0 Å². The van der Waals surface area contributed by atoms with Gasteiger partial charge in [0.1, 0.15) is 5.75 Å². The number of ether oxygens (including phenoxy) is 1. The molecule has 0 radical (unpaired) electrons. The van der Waals surface area contributed by atoms with Crippen molar-refractivity contribution in [3.05, 3.63) is 59.2 Å². The van der Waals surface area contributed by atoms with E-state index in [9.17, 15) is 14.7 Å². The quantitative estimate of drug-likeness (QED) is 0.570. The van der Waals surface area contributed by atoms with Gasteiger partial charge in [-0.15, -0.1) is 0 Å². The van der Waals surface area contributed by atoms with Crippen LogP contribution in [0, 0.1) is 11.8 Å². The lowest BCUT2D eigenvalue weighted by molar-refractivity contribution is -0.130. The minimum Gasteiger partial charge on any atom is -0.508 e. The molecular formula is C28H35N3O4. The maximum absolute atomic E-state index is 13.3. The Labute approximate surface area is 206 Å². The van der Waals surface area contributed by atoms with Gasteiger partial charge in [0, 0.05) is 38.5 Å². The van der Waals surface area contributed by atoms with Gasteiger partial charge in [0.05, 0.1) is 17.9 Å². The third-order valence-corrected chi connectivity index (χ3v) is 7.50. The van der Waals surface area contributed by atoms with Crippen molar-refractivity contribution >= 4 is 17.5 Å². The summed E-state index contributed by atoms with van der Waals surface area (Å²) in [6.45, 7) is 3.10. The first-order chi connectivity index (χ1) is 17.0. The Morgan fingerprint density at radius 2 is 1.74 bits per heavy atom. The Bertz CT molecular complexity index is 1050. The summed E-state index contributed by atoms with van der Waals surface area (Å²) in [5, 5.41) is 15.8. The number of carbonyl (C=O) groups excluding carboxylic acids is 2. The van der Waals surface area contributed by atoms with E-state index in [1.54, 1.807) is 12.1 Å². The molecular weight excluding hydrogens is 442 g/mol. The highest BCUT2D eigenvalue weighted by atomic mass is 16.5. The molecule has 0 saturated carbocycles. The lowest BCUT2D eigenvalue weighted by atomic mass is 9.87. The van der Waals surface area contributed by atoms with E-state index in [2.05, 4.69) is 27.7 Å². The molecule has 3 atom stereocenters. The molecule has 0 aromatic heterocycles. The highest BCUT2D eigenvalue weighted by molar-refractivity contribution is 5.93. The Balaban J connectivity index is 1.26. The van der Waals surface area contributed by atoms with Gasteiger partial charge < -0.3 is 20.5 Å². The maximum Gasteiger partial charge on any atom is 0.228 e. The van der Waals surface area contributed by atoms with Gasteiger partial charge in [-0.25, -0.2) is 0 Å². The summed E-state index contributed by atoms with van der Waals surface area (Å²) in [7, 11) is 0. The molecule has 2 aliphatic heterocycles. The van der Waals surface area contributed by atoms with Gasteiger partial charge >= 0.3 is 0 Å². The first kappa shape index (κ1) is 23.8. The summed E-state index contributed by atoms with van der Waals surface area (Å²) in [4.78, 5) is 28.6. The smallest absolute Gasteiger partial charge is 0.228 e. The van der Waals surface area contributed by atoms with Gasteiger partial charge in [0.15, 0.2) is 0 Å². The number of anilines is 1. The van der Waals surface area contributed by atoms with Crippen molar-refractivity contribution in [3.63, 3.8) is 0 Å². The Hall–Kier alpha value is -2.90. The second-order valence-electron chi connectivity index (χ2n) is 10.2. The summed E-state index contributed by atoms with van der Waals surface area (Å²) in [6.07, 6.45) is 5.98. The summed E-state index contributed by atoms with van der Waals surface area (Å²) in [5.74, 6) is -0.363. The average molecular weight is 478 g/mol. The number of likely N-dealkylation sites (tertiary alicyclic amines) is 1. The zero-order valence-electron chi connectivity index (χ0n) is 20.2. The van der Waals surface area contributed by atoms with E-state index in [1.807, 2.05) is 18.2 Å². The molecule has 2 fully saturated rings. The number of fused-ring (bicyclic) bond motifs is 1. The van der Waals surface area contributed by atoms with Gasteiger partial charge in [-0.05, 0) is 79.5 Å². The Kier molecular flexibility index (Phi) is 7.35. The monoisotopic (exact) mass is 477 g/mol. The molecule has 3 aliphatic rings. The van der Waals surface area contributed by atoms with Crippen molar-refractivity contribution in [2.24, 2.45) is 11.8 Å². The third kappa shape index (κ3) is 6.03. The van der Waals surface area contributed by atoms with Crippen molar-refractivity contribution in [2.45, 2.75) is 51.2 Å². The van der Waals surface area contributed by atoms with E-state index in [0.717, 1.165) is 43.5 Å². The number of phenolic OH excluding ortho intramolecular Hbond substituents is 1. The Morgan fingerprint density at radius 1 is 0.971 bits per heavy atom. The number of nitrogens with one attached hydrogen (secondary N) is 2. The predicted molar refractivity (Wildman–Crippen MR) is 134 cm³/mol. The van der Waals surface area contributed by atoms with Gasteiger partial charge in [-0.3, -0.25) is 14.5 Å². The minimum atomic E-state index is -0.285. The number of carbonyl (C=O) groups is 2. The molecule has 35 heavy (non-hydrogen) atoms. The van der Waals surface area contributed by atoms with Gasteiger partial charge in [0.25, 0.3) is 0 Å². The van der Waals surface area contributed by atoms with E-state index in [-0.39, 0.29) is 35.5 Å². The zero-order valence-corrected chi connectivity index (χ0v) is 20.2. The van der Waals surface area contributed by atoms with Crippen molar-refractivity contribution in [2.75, 3.05) is 31.6 Å². The van der Waals surface area contributed by atoms with Crippen molar-refractivity contribution in [3.8, 4) is 5.75 Å². The second kappa shape index (κ2) is 10.8. The fourth-order valence-electron chi connectivity index (χ4n) is 5.62. The number of amides is 2. The third-order valence-electron chi connectivity index (χ3n) is 7.50. The number of hydrogen-bond donors (Lipinski definition) is 3. The summed E-state index contributed by atoms with van der Waals surface area (Å²) in [5.41, 5.74) is 4.59. The first-order valence-corrected chi connectivity index (χ1v) is 12.9. The molecule has 0 spiro atoms. The zero-order chi connectivity index (χ0) is 24.2. The Morgan fingerprint density at radius 3 is 2.51 bits per heavy atom. The van der Waals surface area contributed by atoms with Crippen LogP contribution in [0.1, 0.15) is 42.4 Å². The number of hydrogen-bond acceptors (Lipinski definition) is 5. The van der Waals surface area contributed by atoms with E-state index in [0.29, 0.717) is 32.6 Å². The van der Waals surface area contributed by atoms with E-state index >= 15 is 0 Å². The van der Waals surface area contributed by atoms with Crippen LogP contribution in [-0.2, 0) is 33.7 Å². The standard InChI is InChI=1S/C28H35N3O4/c32-25-10-6-19(7-11-25)16-31-17-22(27(33)29-15-26-5-2-12-35-26)13-23(18-31)28(34)30-24-9-8-20-3-1-4-21(20)14-24/h6-11,14,22-23,26,32H,1-5,12-13,15-18H2,(H,29,33)(H,30,34)/t22-,23+,26?/m0/s1. The van der Waals surface area contributed by atoms with Crippen molar-refractivity contribution in [1.29, 1.82) is 0 Å². The summed E-state index contributed by atoms with van der Waals surface area (Å²) < 4.78 is 5.65. The molecule has 0 bridgehead atoms. The van der Waals surface area contributed by atoms with Crippen LogP contribution in [0.5, 0.6) is 5.75 Å². The SMILES string of the molecule is O=C(NCC1CCCO1)[C@H]1C[C@@H](C(=O)Nc2ccc3c(c2)CCC3)CN(Cc2ccc(O)cc2)C1. The molecule has 2 heterocycles. The van der Waals surface area contributed by atoms with Gasteiger partial charge in [0.2, 0.25) is 11.8 Å². The van der Waals surface area contributed by atoms with Crippen LogP contribution in [-0.4, -0.2) is 54.2 Å². The molecule has 186 valence electrons. The molecule has 1 unspecified atom stereocenters. The molecule has 7 nitrogen and oxygen atoms in total. The highest BCUT2D eigenvalue weighted by Crippen LogP contribution is 2.28.